The first kappa shape index (κ1) is 5.35. The molecule has 0 N–H and O–H groups in total. The van der Waals surface area contributed by atoms with Crippen molar-refractivity contribution >= 4 is 11.7 Å². The van der Waals surface area contributed by atoms with Crippen LogP contribution in [0.25, 0.3) is 6.05 Å². The van der Waals surface area contributed by atoms with Crippen LogP contribution in [0.2, 0.25) is 0 Å². The van der Waals surface area contributed by atoms with E-state index in [-0.39, 0.29) is 29.9 Å². The first-order valence-corrected chi connectivity index (χ1v) is 5.07. The average molecular weight is 212 g/mol. The topological polar surface area (TPSA) is 3.24 Å². The Labute approximate surface area is 103 Å². The minimum Gasteiger partial charge on any atom is -0.344 e. The molecule has 1 atom stereocenters. The van der Waals surface area contributed by atoms with E-state index in [1.807, 2.05) is 18.2 Å². The SMILES string of the molecule is [2H]C1=C([2H])N(c2ccccc2)C([2H])c2ccc([2H])c([2H])c21. The highest BCUT2D eigenvalue weighted by Gasteiger charge is 2.10. The first-order chi connectivity index (χ1) is 10.0. The number of hydrogen-bond acceptors (Lipinski definition) is 1. The predicted octanol–water partition coefficient (Wildman–Crippen LogP) is 3.68. The summed E-state index contributed by atoms with van der Waals surface area (Å²) in [5, 5.41) is 0. The summed E-state index contributed by atoms with van der Waals surface area (Å²) in [5.41, 5.74) is 1.37. The number of benzene rings is 2. The number of nitrogens with zero attached hydrogens (tertiary/aromatic N) is 1. The second-order valence-corrected chi connectivity index (χ2v) is 3.50. The van der Waals surface area contributed by atoms with Gasteiger partial charge in [0.1, 0.15) is 0 Å². The van der Waals surface area contributed by atoms with Gasteiger partial charge in [0, 0.05) is 18.4 Å². The van der Waals surface area contributed by atoms with Gasteiger partial charge in [-0.05, 0) is 29.3 Å². The first-order valence-electron chi connectivity index (χ1n) is 7.64. The molecule has 0 amide bonds. The molecule has 1 aliphatic rings. The quantitative estimate of drug-likeness (QED) is 0.697. The lowest BCUT2D eigenvalue weighted by Crippen LogP contribution is -2.18. The van der Waals surface area contributed by atoms with Gasteiger partial charge < -0.3 is 4.90 Å². The molecule has 1 unspecified atom stereocenters. The van der Waals surface area contributed by atoms with Crippen LogP contribution < -0.4 is 4.90 Å². The number of fused-ring (bicyclic) bond motifs is 1. The molecular weight excluding hydrogens is 194 g/mol. The van der Waals surface area contributed by atoms with E-state index in [2.05, 4.69) is 0 Å². The summed E-state index contributed by atoms with van der Waals surface area (Å²) in [4.78, 5) is 1.45. The van der Waals surface area contributed by atoms with Crippen LogP contribution in [0.3, 0.4) is 0 Å². The van der Waals surface area contributed by atoms with Gasteiger partial charge in [-0.25, -0.2) is 0 Å². The van der Waals surface area contributed by atoms with Gasteiger partial charge in [0.15, 0.2) is 0 Å². The lowest BCUT2D eigenvalue weighted by Gasteiger charge is -2.25. The Hall–Kier alpha value is -2.02. The Morgan fingerprint density at radius 3 is 2.88 bits per heavy atom. The summed E-state index contributed by atoms with van der Waals surface area (Å²) in [6.07, 6.45) is -0.118. The summed E-state index contributed by atoms with van der Waals surface area (Å²) in [6.45, 7) is -0.895. The number of para-hydroxylation sites is 1. The van der Waals surface area contributed by atoms with Crippen LogP contribution in [-0.2, 0) is 6.52 Å². The molecule has 1 aliphatic heterocycles. The lowest BCUT2D eigenvalue weighted by molar-refractivity contribution is 0.954. The maximum atomic E-state index is 8.38. The molecule has 0 aliphatic carbocycles. The van der Waals surface area contributed by atoms with Gasteiger partial charge in [-0.1, -0.05) is 42.4 Å². The van der Waals surface area contributed by atoms with Crippen molar-refractivity contribution in [1.29, 1.82) is 0 Å². The normalized spacial score (nSPS) is 23.9. The van der Waals surface area contributed by atoms with Crippen molar-refractivity contribution in [3.05, 3.63) is 71.9 Å². The van der Waals surface area contributed by atoms with Crippen LogP contribution in [-0.4, -0.2) is 0 Å². The minimum atomic E-state index is -0.895. The monoisotopic (exact) mass is 212 g/mol. The fourth-order valence-electron chi connectivity index (χ4n) is 1.63. The van der Waals surface area contributed by atoms with Crippen LogP contribution in [0.15, 0.2) is 60.7 Å². The summed E-state index contributed by atoms with van der Waals surface area (Å²) in [6, 6.07) is 11.9. The molecule has 0 radical (unpaired) electrons. The van der Waals surface area contributed by atoms with E-state index in [4.69, 9.17) is 6.85 Å². The summed E-state index contributed by atoms with van der Waals surface area (Å²) in [7, 11) is 0. The maximum absolute atomic E-state index is 8.38. The summed E-state index contributed by atoms with van der Waals surface area (Å²) in [5.74, 6) is 0. The molecule has 2 aromatic rings. The Morgan fingerprint density at radius 1 is 1.12 bits per heavy atom. The molecule has 1 heteroatoms. The zero-order chi connectivity index (χ0) is 15.1. The zero-order valence-electron chi connectivity index (χ0n) is 13.6. The van der Waals surface area contributed by atoms with E-state index in [0.29, 0.717) is 11.3 Å². The van der Waals surface area contributed by atoms with Crippen molar-refractivity contribution in [2.24, 2.45) is 0 Å². The highest BCUT2D eigenvalue weighted by atomic mass is 15.1. The third-order valence-corrected chi connectivity index (χ3v) is 2.44. The van der Waals surface area contributed by atoms with E-state index in [9.17, 15) is 0 Å². The number of rotatable bonds is 1. The van der Waals surface area contributed by atoms with E-state index in [1.54, 1.807) is 18.2 Å². The maximum Gasteiger partial charge on any atom is 0.0818 e. The third-order valence-electron chi connectivity index (χ3n) is 2.44. The molecule has 1 heterocycles. The second-order valence-electron chi connectivity index (χ2n) is 3.50. The minimum absolute atomic E-state index is 0.00617. The fourth-order valence-corrected chi connectivity index (χ4v) is 1.63. The van der Waals surface area contributed by atoms with E-state index in [1.165, 1.54) is 11.0 Å². The molecule has 3 rings (SSSR count). The Kier molecular flexibility index (Phi) is 1.29. The average Bonchev–Trinajstić information content (AvgIpc) is 2.49. The van der Waals surface area contributed by atoms with E-state index < -0.39 is 6.52 Å². The Bertz CT molecular complexity index is 726. The largest absolute Gasteiger partial charge is 0.344 e. The van der Waals surface area contributed by atoms with E-state index in [0.717, 1.165) is 0 Å². The van der Waals surface area contributed by atoms with Crippen LogP contribution in [0.4, 0.5) is 5.69 Å². The molecule has 0 saturated heterocycles. The van der Waals surface area contributed by atoms with Crippen LogP contribution in [0.5, 0.6) is 0 Å². The number of hydrogen-bond donors (Lipinski definition) is 0. The molecule has 0 bridgehead atoms. The van der Waals surface area contributed by atoms with Gasteiger partial charge in [0.05, 0.1) is 6.85 Å². The van der Waals surface area contributed by atoms with Crippen molar-refractivity contribution in [2.45, 2.75) is 6.52 Å². The van der Waals surface area contributed by atoms with Crippen molar-refractivity contribution in [2.75, 3.05) is 4.90 Å². The van der Waals surface area contributed by atoms with Crippen molar-refractivity contribution in [3.63, 3.8) is 0 Å². The second kappa shape index (κ2) is 3.86. The van der Waals surface area contributed by atoms with E-state index >= 15 is 0 Å². The molecule has 0 fully saturated rings. The van der Waals surface area contributed by atoms with Crippen LogP contribution in [0, 0.1) is 0 Å². The Balaban J connectivity index is 2.23. The van der Waals surface area contributed by atoms with Crippen molar-refractivity contribution in [3.8, 4) is 0 Å². The fraction of sp³-hybridized carbons (Fsp3) is 0.0667. The predicted molar refractivity (Wildman–Crippen MR) is 68.1 cm³/mol. The van der Waals surface area contributed by atoms with Gasteiger partial charge in [0.25, 0.3) is 0 Å². The molecule has 1 nitrogen and oxygen atoms in total. The smallest absolute Gasteiger partial charge is 0.0818 e. The summed E-state index contributed by atoms with van der Waals surface area (Å²) < 4.78 is 40.3. The lowest BCUT2D eigenvalue weighted by atomic mass is 10.0. The Morgan fingerprint density at radius 2 is 2.00 bits per heavy atom. The number of anilines is 1. The van der Waals surface area contributed by atoms with Crippen LogP contribution >= 0.6 is 0 Å². The van der Waals surface area contributed by atoms with Gasteiger partial charge in [-0.2, -0.15) is 0 Å². The molecule has 0 saturated carbocycles. The molecule has 78 valence electrons. The molecule has 2 aromatic carbocycles. The molecular formula is C15H13N. The molecule has 16 heavy (non-hydrogen) atoms. The van der Waals surface area contributed by atoms with Gasteiger partial charge in [0.2, 0.25) is 0 Å². The third kappa shape index (κ3) is 1.61. The molecule has 0 aromatic heterocycles. The summed E-state index contributed by atoms with van der Waals surface area (Å²) >= 11 is 0. The standard InChI is InChI=1S/C15H13N/c1-2-8-15(9-3-1)16-11-10-13-6-4-5-7-14(13)12-16/h1-11H,12H2/i4D,6D,10D,11D,12D. The molecule has 0 spiro atoms. The van der Waals surface area contributed by atoms with Crippen molar-refractivity contribution < 1.29 is 6.85 Å². The highest BCUT2D eigenvalue weighted by molar-refractivity contribution is 5.63. The van der Waals surface area contributed by atoms with Crippen molar-refractivity contribution in [1.82, 2.24) is 0 Å². The van der Waals surface area contributed by atoms with Gasteiger partial charge in [-0.15, -0.1) is 0 Å². The zero-order valence-corrected chi connectivity index (χ0v) is 8.57. The van der Waals surface area contributed by atoms with Crippen LogP contribution in [0.1, 0.15) is 18.0 Å². The highest BCUT2D eigenvalue weighted by Crippen LogP contribution is 2.24. The van der Waals surface area contributed by atoms with Gasteiger partial charge >= 0.3 is 0 Å². The van der Waals surface area contributed by atoms with Gasteiger partial charge in [-0.3, -0.25) is 0 Å².